The molecular weight excluding hydrogens is 859 g/mol. The number of unbranched alkanes of at least 4 members (excludes halogenated alkanes) is 27. The Bertz CT molecular complexity index is 1240. The zero-order valence-corrected chi connectivity index (χ0v) is 43.3. The Balaban J connectivity index is 2.33. The van der Waals surface area contributed by atoms with Gasteiger partial charge in [-0.15, -0.1) is 0 Å². The number of hydrogen-bond donors (Lipinski definition) is 8. The third-order valence-corrected chi connectivity index (χ3v) is 13.3. The van der Waals surface area contributed by atoms with Crippen molar-refractivity contribution in [3.05, 3.63) is 48.6 Å². The Morgan fingerprint density at radius 1 is 0.515 bits per heavy atom. The van der Waals surface area contributed by atoms with Crippen molar-refractivity contribution in [2.75, 3.05) is 13.2 Å². The molecule has 0 aromatic carbocycles. The molecule has 1 heterocycles. The van der Waals surface area contributed by atoms with Crippen LogP contribution in [0.3, 0.4) is 0 Å². The van der Waals surface area contributed by atoms with Crippen LogP contribution in [0.2, 0.25) is 0 Å². The number of rotatable bonds is 47. The van der Waals surface area contributed by atoms with E-state index in [-0.39, 0.29) is 12.8 Å². The molecule has 1 aliphatic rings. The van der Waals surface area contributed by atoms with E-state index in [4.69, 9.17) is 9.47 Å². The predicted molar refractivity (Wildman–Crippen MR) is 279 cm³/mol. The first-order valence-electron chi connectivity index (χ1n) is 28.0. The highest BCUT2D eigenvalue weighted by Crippen LogP contribution is 2.23. The summed E-state index contributed by atoms with van der Waals surface area (Å²) in [6, 6.07) is -1.19. The minimum atomic E-state index is -1.67. The summed E-state index contributed by atoms with van der Waals surface area (Å²) in [6.45, 7) is 3.42. The van der Waals surface area contributed by atoms with Crippen molar-refractivity contribution in [1.29, 1.82) is 0 Å². The van der Waals surface area contributed by atoms with E-state index in [1.165, 1.54) is 141 Å². The second kappa shape index (κ2) is 46.2. The molecule has 1 rings (SSSR count). The number of aliphatic hydroxyl groups excluding tert-OH is 7. The van der Waals surface area contributed by atoms with Crippen molar-refractivity contribution in [2.45, 2.75) is 294 Å². The summed E-state index contributed by atoms with van der Waals surface area (Å²) in [4.78, 5) is 13.2. The number of carbonyl (C=O) groups excluding carboxylic acids is 1. The van der Waals surface area contributed by atoms with Crippen LogP contribution in [0.4, 0.5) is 0 Å². The smallest absolute Gasteiger partial charge is 0.249 e. The van der Waals surface area contributed by atoms with Crippen LogP contribution >= 0.6 is 0 Å². The van der Waals surface area contributed by atoms with Gasteiger partial charge in [0, 0.05) is 0 Å². The van der Waals surface area contributed by atoms with Crippen LogP contribution in [-0.4, -0.2) is 110 Å². The highest BCUT2D eigenvalue weighted by atomic mass is 16.7. The summed E-state index contributed by atoms with van der Waals surface area (Å²) >= 11 is 0. The molecule has 0 bridgehead atoms. The summed E-state index contributed by atoms with van der Waals surface area (Å²) in [6.07, 6.45) is 45.9. The van der Waals surface area contributed by atoms with Gasteiger partial charge in [-0.05, 0) is 83.5 Å². The van der Waals surface area contributed by atoms with Gasteiger partial charge < -0.3 is 50.5 Å². The van der Waals surface area contributed by atoms with Crippen molar-refractivity contribution in [2.24, 2.45) is 0 Å². The third-order valence-electron chi connectivity index (χ3n) is 13.3. The Morgan fingerprint density at radius 2 is 0.926 bits per heavy atom. The Hall–Kier alpha value is -1.93. The number of hydrogen-bond acceptors (Lipinski definition) is 10. The average Bonchev–Trinajstić information content (AvgIpc) is 3.34. The molecule has 0 saturated carbocycles. The standard InChI is InChI=1S/C57H105NO10/c1-3-5-7-9-11-13-15-17-19-20-21-22-23-24-25-26-27-28-29-31-33-35-37-39-41-43-45-50(61)56(66)58-48(47-67-57-55(65)54(64)53(63)51(46-59)68-57)52(62)49(60)44-42-40-38-36-34-32-30-18-16-14-12-10-8-6-4-2/h18,21-22,24-25,30,36,38,48-55,57,59-65H,3-17,19-20,23,26-29,31-35,37,39-47H2,1-2H3,(H,58,66)/b22-21-,25-24-,30-18+,38-36+. The molecule has 0 aliphatic carbocycles. The first kappa shape index (κ1) is 64.1. The lowest BCUT2D eigenvalue weighted by atomic mass is 9.98. The summed E-state index contributed by atoms with van der Waals surface area (Å²) in [5.74, 6) is -0.713. The summed E-state index contributed by atoms with van der Waals surface area (Å²) in [5.41, 5.74) is 0. The molecular formula is C57H105NO10. The number of ether oxygens (including phenoxy) is 2. The quantitative estimate of drug-likeness (QED) is 0.0215. The maximum atomic E-state index is 13.2. The van der Waals surface area contributed by atoms with Crippen LogP contribution in [-0.2, 0) is 14.3 Å². The van der Waals surface area contributed by atoms with Gasteiger partial charge in [-0.3, -0.25) is 4.79 Å². The number of nitrogens with one attached hydrogen (secondary N) is 1. The second-order valence-electron chi connectivity index (χ2n) is 19.6. The molecule has 1 saturated heterocycles. The highest BCUT2D eigenvalue weighted by Gasteiger charge is 2.44. The SMILES string of the molecule is CCCCCCCC/C=C/CC/C=C/CCCC(O)C(O)C(COC1OC(CO)C(O)C(O)C1O)NC(=O)C(O)CCCCCCCCCCCC/C=C\C/C=C\CCCCCCCCCCC. The molecule has 9 unspecified atom stereocenters. The lowest BCUT2D eigenvalue weighted by Crippen LogP contribution is -2.60. The number of aliphatic hydroxyl groups is 7. The van der Waals surface area contributed by atoms with Crippen LogP contribution in [0.1, 0.15) is 239 Å². The molecule has 8 N–H and O–H groups in total. The zero-order valence-electron chi connectivity index (χ0n) is 43.3. The molecule has 1 amide bonds. The molecule has 9 atom stereocenters. The van der Waals surface area contributed by atoms with Gasteiger partial charge in [0.05, 0.1) is 25.4 Å². The van der Waals surface area contributed by atoms with Gasteiger partial charge in [-0.25, -0.2) is 0 Å². The minimum Gasteiger partial charge on any atom is -0.394 e. The average molecular weight is 964 g/mol. The lowest BCUT2D eigenvalue weighted by molar-refractivity contribution is -0.303. The van der Waals surface area contributed by atoms with Crippen molar-refractivity contribution in [3.8, 4) is 0 Å². The van der Waals surface area contributed by atoms with E-state index in [1.807, 2.05) is 0 Å². The number of allylic oxidation sites excluding steroid dienone is 8. The topological polar surface area (TPSA) is 189 Å². The van der Waals surface area contributed by atoms with Gasteiger partial charge in [-0.2, -0.15) is 0 Å². The zero-order chi connectivity index (χ0) is 49.7. The fraction of sp³-hybridized carbons (Fsp3) is 0.842. The fourth-order valence-corrected chi connectivity index (χ4v) is 8.72. The molecule has 11 heteroatoms. The second-order valence-corrected chi connectivity index (χ2v) is 19.6. The summed E-state index contributed by atoms with van der Waals surface area (Å²) in [5, 5.41) is 75.9. The first-order valence-corrected chi connectivity index (χ1v) is 28.0. The Labute approximate surface area is 415 Å². The Morgan fingerprint density at radius 3 is 1.40 bits per heavy atom. The first-order chi connectivity index (χ1) is 33.2. The third kappa shape index (κ3) is 34.4. The van der Waals surface area contributed by atoms with Crippen LogP contribution in [0, 0.1) is 0 Å². The van der Waals surface area contributed by atoms with Crippen LogP contribution in [0.25, 0.3) is 0 Å². The van der Waals surface area contributed by atoms with Gasteiger partial charge in [-0.1, -0.05) is 204 Å². The van der Waals surface area contributed by atoms with Crippen molar-refractivity contribution >= 4 is 5.91 Å². The van der Waals surface area contributed by atoms with Gasteiger partial charge in [0.1, 0.15) is 36.6 Å². The van der Waals surface area contributed by atoms with Crippen molar-refractivity contribution < 1.29 is 50.0 Å². The van der Waals surface area contributed by atoms with E-state index in [2.05, 4.69) is 67.8 Å². The van der Waals surface area contributed by atoms with E-state index < -0.39 is 74.2 Å². The van der Waals surface area contributed by atoms with Crippen LogP contribution in [0.15, 0.2) is 48.6 Å². The summed E-state index contributed by atoms with van der Waals surface area (Å²) < 4.78 is 11.1. The van der Waals surface area contributed by atoms with Gasteiger partial charge in [0.25, 0.3) is 0 Å². The van der Waals surface area contributed by atoms with E-state index in [1.54, 1.807) is 0 Å². The van der Waals surface area contributed by atoms with E-state index in [0.717, 1.165) is 51.4 Å². The molecule has 1 fully saturated rings. The van der Waals surface area contributed by atoms with Crippen LogP contribution in [0.5, 0.6) is 0 Å². The van der Waals surface area contributed by atoms with Crippen molar-refractivity contribution in [1.82, 2.24) is 5.32 Å². The maximum absolute atomic E-state index is 13.2. The molecule has 398 valence electrons. The molecule has 1 aliphatic heterocycles. The largest absolute Gasteiger partial charge is 0.394 e. The molecule has 0 spiro atoms. The Kier molecular flexibility index (Phi) is 43.5. The predicted octanol–water partition coefficient (Wildman–Crippen LogP) is 11.3. The molecule has 0 aromatic rings. The number of carbonyl (C=O) groups is 1. The summed E-state index contributed by atoms with van der Waals surface area (Å²) in [7, 11) is 0. The van der Waals surface area contributed by atoms with E-state index in [0.29, 0.717) is 19.3 Å². The van der Waals surface area contributed by atoms with Crippen LogP contribution < -0.4 is 5.32 Å². The fourth-order valence-electron chi connectivity index (χ4n) is 8.72. The molecule has 0 aromatic heterocycles. The highest BCUT2D eigenvalue weighted by molar-refractivity contribution is 5.80. The van der Waals surface area contributed by atoms with E-state index in [9.17, 15) is 40.5 Å². The monoisotopic (exact) mass is 964 g/mol. The van der Waals surface area contributed by atoms with Crippen molar-refractivity contribution in [3.63, 3.8) is 0 Å². The van der Waals surface area contributed by atoms with E-state index >= 15 is 0 Å². The van der Waals surface area contributed by atoms with Gasteiger partial charge >= 0.3 is 0 Å². The normalized spacial score (nSPS) is 20.9. The lowest BCUT2D eigenvalue weighted by Gasteiger charge is -2.40. The van der Waals surface area contributed by atoms with Gasteiger partial charge in [0.2, 0.25) is 5.91 Å². The number of amides is 1. The maximum Gasteiger partial charge on any atom is 0.249 e. The van der Waals surface area contributed by atoms with Gasteiger partial charge in [0.15, 0.2) is 6.29 Å². The molecule has 11 nitrogen and oxygen atoms in total. The molecule has 68 heavy (non-hydrogen) atoms. The molecule has 0 radical (unpaired) electrons. The minimum absolute atomic E-state index is 0.244.